The van der Waals surface area contributed by atoms with Gasteiger partial charge in [0.15, 0.2) is 0 Å². The molecular formula is C13H25N3O3. The SMILES string of the molecule is CN1CCC(CN(C)C(=O)NCC(C)(C)C(=O)O)C1. The van der Waals surface area contributed by atoms with Crippen LogP contribution in [-0.4, -0.2) is 67.2 Å². The number of nitrogens with one attached hydrogen (secondary N) is 1. The van der Waals surface area contributed by atoms with Crippen molar-refractivity contribution in [2.75, 3.05) is 40.3 Å². The number of carboxylic acid groups (broad SMARTS) is 1. The van der Waals surface area contributed by atoms with Crippen molar-refractivity contribution in [1.29, 1.82) is 0 Å². The number of amides is 2. The van der Waals surface area contributed by atoms with E-state index in [4.69, 9.17) is 5.11 Å². The van der Waals surface area contributed by atoms with E-state index in [1.807, 2.05) is 0 Å². The van der Waals surface area contributed by atoms with Crippen molar-refractivity contribution in [3.05, 3.63) is 0 Å². The Labute approximate surface area is 114 Å². The van der Waals surface area contributed by atoms with E-state index in [0.717, 1.165) is 19.5 Å². The summed E-state index contributed by atoms with van der Waals surface area (Å²) in [7, 11) is 3.83. The standard InChI is InChI=1S/C13H25N3O3/c1-13(2,11(17)18)9-14-12(19)16(4)8-10-5-6-15(3)7-10/h10H,5-9H2,1-4H3,(H,14,19)(H,17,18). The highest BCUT2D eigenvalue weighted by atomic mass is 16.4. The molecule has 0 aromatic carbocycles. The minimum absolute atomic E-state index is 0.135. The number of carbonyl (C=O) groups excluding carboxylic acids is 1. The quantitative estimate of drug-likeness (QED) is 0.771. The number of carbonyl (C=O) groups is 2. The Morgan fingerprint density at radius 1 is 1.47 bits per heavy atom. The molecular weight excluding hydrogens is 246 g/mol. The summed E-state index contributed by atoms with van der Waals surface area (Å²) >= 11 is 0. The normalized spacial score (nSPS) is 20.3. The maximum Gasteiger partial charge on any atom is 0.317 e. The Hall–Kier alpha value is -1.30. The van der Waals surface area contributed by atoms with E-state index in [1.54, 1.807) is 25.8 Å². The number of aliphatic carboxylic acids is 1. The Bertz CT molecular complexity index is 344. The highest BCUT2D eigenvalue weighted by Gasteiger charge is 2.28. The smallest absolute Gasteiger partial charge is 0.317 e. The molecule has 2 amide bonds. The Morgan fingerprint density at radius 2 is 2.11 bits per heavy atom. The van der Waals surface area contributed by atoms with E-state index in [9.17, 15) is 9.59 Å². The number of hydrogen-bond acceptors (Lipinski definition) is 3. The van der Waals surface area contributed by atoms with Gasteiger partial charge < -0.3 is 20.2 Å². The molecule has 1 unspecified atom stereocenters. The van der Waals surface area contributed by atoms with Gasteiger partial charge in [-0.05, 0) is 39.8 Å². The van der Waals surface area contributed by atoms with Crippen LogP contribution >= 0.6 is 0 Å². The van der Waals surface area contributed by atoms with E-state index in [-0.39, 0.29) is 12.6 Å². The van der Waals surface area contributed by atoms with Crippen LogP contribution in [0, 0.1) is 11.3 Å². The van der Waals surface area contributed by atoms with E-state index in [0.29, 0.717) is 12.5 Å². The summed E-state index contributed by atoms with van der Waals surface area (Å²) in [5, 5.41) is 11.7. The van der Waals surface area contributed by atoms with Gasteiger partial charge in [-0.25, -0.2) is 4.79 Å². The van der Waals surface area contributed by atoms with Gasteiger partial charge in [0.1, 0.15) is 0 Å². The van der Waals surface area contributed by atoms with E-state index < -0.39 is 11.4 Å². The van der Waals surface area contributed by atoms with E-state index >= 15 is 0 Å². The fourth-order valence-corrected chi connectivity index (χ4v) is 2.15. The number of urea groups is 1. The van der Waals surface area contributed by atoms with Crippen molar-refractivity contribution >= 4 is 12.0 Å². The second-order valence-corrected chi connectivity index (χ2v) is 6.15. The highest BCUT2D eigenvalue weighted by molar-refractivity contribution is 5.77. The van der Waals surface area contributed by atoms with Gasteiger partial charge in [-0.2, -0.15) is 0 Å². The largest absolute Gasteiger partial charge is 0.481 e. The predicted octanol–water partition coefficient (Wildman–Crippen LogP) is 0.690. The maximum atomic E-state index is 11.9. The maximum absolute atomic E-state index is 11.9. The van der Waals surface area contributed by atoms with Crippen molar-refractivity contribution in [2.24, 2.45) is 11.3 Å². The van der Waals surface area contributed by atoms with Crippen LogP contribution in [0.5, 0.6) is 0 Å². The molecule has 0 aliphatic carbocycles. The van der Waals surface area contributed by atoms with Crippen LogP contribution in [-0.2, 0) is 4.79 Å². The van der Waals surface area contributed by atoms with Gasteiger partial charge in [-0.1, -0.05) is 0 Å². The zero-order valence-corrected chi connectivity index (χ0v) is 12.3. The molecule has 110 valence electrons. The molecule has 1 atom stereocenters. The van der Waals surface area contributed by atoms with E-state index in [1.165, 1.54) is 0 Å². The molecule has 1 aliphatic rings. The fraction of sp³-hybridized carbons (Fsp3) is 0.846. The van der Waals surface area contributed by atoms with E-state index in [2.05, 4.69) is 17.3 Å². The van der Waals surface area contributed by atoms with Crippen LogP contribution in [0.4, 0.5) is 4.79 Å². The molecule has 1 rings (SSSR count). The number of likely N-dealkylation sites (tertiary alicyclic amines) is 1. The minimum atomic E-state index is -0.940. The third kappa shape index (κ3) is 4.70. The molecule has 1 fully saturated rings. The van der Waals surface area contributed by atoms with Gasteiger partial charge in [0.05, 0.1) is 5.41 Å². The van der Waals surface area contributed by atoms with Crippen LogP contribution in [0.1, 0.15) is 20.3 Å². The lowest BCUT2D eigenvalue weighted by Crippen LogP contribution is -2.45. The second-order valence-electron chi connectivity index (χ2n) is 6.15. The van der Waals surface area contributed by atoms with Gasteiger partial charge >= 0.3 is 12.0 Å². The minimum Gasteiger partial charge on any atom is -0.481 e. The van der Waals surface area contributed by atoms with Gasteiger partial charge in [-0.3, -0.25) is 4.79 Å². The van der Waals surface area contributed by atoms with Gasteiger partial charge in [0, 0.05) is 26.7 Å². The zero-order valence-electron chi connectivity index (χ0n) is 12.3. The van der Waals surface area contributed by atoms with Crippen LogP contribution < -0.4 is 5.32 Å². The molecule has 1 aliphatic heterocycles. The monoisotopic (exact) mass is 271 g/mol. The summed E-state index contributed by atoms with van der Waals surface area (Å²) in [6, 6.07) is -0.205. The molecule has 1 heterocycles. The predicted molar refractivity (Wildman–Crippen MR) is 73.0 cm³/mol. The van der Waals surface area contributed by atoms with Crippen LogP contribution in [0.25, 0.3) is 0 Å². The molecule has 0 bridgehead atoms. The van der Waals surface area contributed by atoms with Crippen molar-refractivity contribution in [2.45, 2.75) is 20.3 Å². The molecule has 0 aromatic rings. The number of nitrogens with zero attached hydrogens (tertiary/aromatic N) is 2. The molecule has 0 aromatic heterocycles. The lowest BCUT2D eigenvalue weighted by atomic mass is 9.94. The Kier molecular flexibility index (Phi) is 5.17. The average Bonchev–Trinajstić information content (AvgIpc) is 2.71. The van der Waals surface area contributed by atoms with Crippen molar-refractivity contribution in [3.63, 3.8) is 0 Å². The summed E-state index contributed by atoms with van der Waals surface area (Å²) in [5.74, 6) is -0.402. The van der Waals surface area contributed by atoms with Crippen LogP contribution in [0.2, 0.25) is 0 Å². The Morgan fingerprint density at radius 3 is 2.58 bits per heavy atom. The van der Waals surface area contributed by atoms with Gasteiger partial charge in [0.2, 0.25) is 0 Å². The number of hydrogen-bond donors (Lipinski definition) is 2. The van der Waals surface area contributed by atoms with Crippen molar-refractivity contribution in [3.8, 4) is 0 Å². The highest BCUT2D eigenvalue weighted by Crippen LogP contribution is 2.16. The topological polar surface area (TPSA) is 72.9 Å². The third-order valence-electron chi connectivity index (χ3n) is 3.63. The average molecular weight is 271 g/mol. The summed E-state index contributed by atoms with van der Waals surface area (Å²) in [6.45, 7) is 6.13. The molecule has 6 heteroatoms. The molecule has 0 saturated carbocycles. The first-order valence-corrected chi connectivity index (χ1v) is 6.63. The lowest BCUT2D eigenvalue weighted by molar-refractivity contribution is -0.146. The third-order valence-corrected chi connectivity index (χ3v) is 3.63. The molecule has 0 spiro atoms. The van der Waals surface area contributed by atoms with Gasteiger partial charge in [-0.15, -0.1) is 0 Å². The van der Waals surface area contributed by atoms with Crippen LogP contribution in [0.3, 0.4) is 0 Å². The van der Waals surface area contributed by atoms with Gasteiger partial charge in [0.25, 0.3) is 0 Å². The molecule has 2 N–H and O–H groups in total. The Balaban J connectivity index is 2.35. The number of rotatable bonds is 5. The summed E-state index contributed by atoms with van der Waals surface area (Å²) in [6.07, 6.45) is 1.11. The summed E-state index contributed by atoms with van der Waals surface area (Å²) in [4.78, 5) is 26.7. The first-order chi connectivity index (χ1) is 8.72. The van der Waals surface area contributed by atoms with Crippen molar-refractivity contribution < 1.29 is 14.7 Å². The summed E-state index contributed by atoms with van der Waals surface area (Å²) in [5.41, 5.74) is -0.940. The van der Waals surface area contributed by atoms with Crippen LogP contribution in [0.15, 0.2) is 0 Å². The molecule has 1 saturated heterocycles. The summed E-state index contributed by atoms with van der Waals surface area (Å²) < 4.78 is 0. The lowest BCUT2D eigenvalue weighted by Gasteiger charge is -2.25. The number of carboxylic acids is 1. The van der Waals surface area contributed by atoms with Crippen molar-refractivity contribution in [1.82, 2.24) is 15.1 Å². The molecule has 6 nitrogen and oxygen atoms in total. The second kappa shape index (κ2) is 6.23. The zero-order chi connectivity index (χ0) is 14.6. The molecule has 0 radical (unpaired) electrons. The first-order valence-electron chi connectivity index (χ1n) is 6.63. The fourth-order valence-electron chi connectivity index (χ4n) is 2.15. The molecule has 19 heavy (non-hydrogen) atoms. The first kappa shape index (κ1) is 15.8.